The molecule has 12 nitrogen and oxygen atoms in total. The van der Waals surface area contributed by atoms with Crippen molar-refractivity contribution in [1.29, 1.82) is 0 Å². The zero-order chi connectivity index (χ0) is 35.1. The number of benzene rings is 3. The van der Waals surface area contributed by atoms with Crippen LogP contribution in [0.2, 0.25) is 0 Å². The Morgan fingerprint density at radius 3 is 2.47 bits per heavy atom. The molecule has 5 atom stereocenters. The molecule has 5 rings (SSSR count). The number of hydroxylamine groups is 2. The van der Waals surface area contributed by atoms with Crippen LogP contribution < -0.4 is 20.7 Å². The van der Waals surface area contributed by atoms with Crippen molar-refractivity contribution in [3.63, 3.8) is 0 Å². The quantitative estimate of drug-likeness (QED) is 0.161. The highest BCUT2D eigenvalue weighted by Crippen LogP contribution is 2.39. The Morgan fingerprint density at radius 2 is 1.82 bits per heavy atom. The first-order valence-electron chi connectivity index (χ1n) is 16.8. The SMILES string of the molecule is COc1c(CN2O[C@@H](CO)[C@@H](CO)[C@H]2C(N)=O)cccc1-c1cc(C(=O)NC(Cc2ccccc2)CN(C)C)cc(N2CCC[C@@H]2CO)c1. The summed E-state index contributed by atoms with van der Waals surface area (Å²) in [6, 6.07) is 20.3. The number of ether oxygens (including phenoxy) is 1. The molecule has 49 heavy (non-hydrogen) atoms. The zero-order valence-corrected chi connectivity index (χ0v) is 28.5. The van der Waals surface area contributed by atoms with Crippen molar-refractivity contribution in [2.75, 3.05) is 59.0 Å². The Balaban J connectivity index is 1.52. The number of aliphatic hydroxyl groups excluding tert-OH is 3. The summed E-state index contributed by atoms with van der Waals surface area (Å²) in [6.45, 7) is 0.745. The molecule has 2 aliphatic heterocycles. The maximum Gasteiger partial charge on any atom is 0.251 e. The minimum absolute atomic E-state index is 0.00702. The van der Waals surface area contributed by atoms with Crippen molar-refractivity contribution >= 4 is 17.5 Å². The second-order valence-electron chi connectivity index (χ2n) is 13.2. The largest absolute Gasteiger partial charge is 0.496 e. The number of amides is 2. The first-order chi connectivity index (χ1) is 23.7. The Morgan fingerprint density at radius 1 is 1.04 bits per heavy atom. The number of likely N-dealkylation sites (N-methyl/N-ethyl adjacent to an activating group) is 1. The van der Waals surface area contributed by atoms with Gasteiger partial charge in [0.05, 0.1) is 39.5 Å². The Bertz CT molecular complexity index is 1570. The number of nitrogens with one attached hydrogen (secondary N) is 1. The highest BCUT2D eigenvalue weighted by Gasteiger charge is 2.46. The molecule has 2 amide bonds. The Hall–Kier alpha value is -4.04. The van der Waals surface area contributed by atoms with Crippen LogP contribution in [0.1, 0.15) is 34.3 Å². The van der Waals surface area contributed by atoms with Crippen LogP contribution in [0.25, 0.3) is 11.1 Å². The molecule has 0 aromatic heterocycles. The molecule has 0 saturated carbocycles. The molecule has 6 N–H and O–H groups in total. The van der Waals surface area contributed by atoms with E-state index in [1.54, 1.807) is 7.11 Å². The first-order valence-corrected chi connectivity index (χ1v) is 16.8. The average molecular weight is 676 g/mol. The molecular weight excluding hydrogens is 626 g/mol. The molecule has 2 saturated heterocycles. The van der Waals surface area contributed by atoms with Crippen molar-refractivity contribution < 1.29 is 34.5 Å². The van der Waals surface area contributed by atoms with Crippen LogP contribution in [0.5, 0.6) is 5.75 Å². The van der Waals surface area contributed by atoms with Gasteiger partial charge in [-0.25, -0.2) is 0 Å². The Labute approximate surface area is 288 Å². The predicted octanol–water partition coefficient (Wildman–Crippen LogP) is 1.80. The van der Waals surface area contributed by atoms with Crippen LogP contribution in [-0.4, -0.2) is 115 Å². The summed E-state index contributed by atoms with van der Waals surface area (Å²) in [6.07, 6.45) is 1.67. The summed E-state index contributed by atoms with van der Waals surface area (Å²) in [5.41, 5.74) is 10.3. The van der Waals surface area contributed by atoms with Crippen LogP contribution in [0.15, 0.2) is 66.7 Å². The van der Waals surface area contributed by atoms with Gasteiger partial charge in [-0.3, -0.25) is 14.4 Å². The molecule has 12 heteroatoms. The molecule has 3 aromatic rings. The summed E-state index contributed by atoms with van der Waals surface area (Å²) in [7, 11) is 5.52. The molecule has 264 valence electrons. The van der Waals surface area contributed by atoms with Crippen molar-refractivity contribution in [1.82, 2.24) is 15.3 Å². The lowest BCUT2D eigenvalue weighted by Gasteiger charge is -2.27. The molecule has 0 radical (unpaired) electrons. The van der Waals surface area contributed by atoms with E-state index in [0.717, 1.165) is 41.8 Å². The van der Waals surface area contributed by atoms with Crippen LogP contribution in [0.3, 0.4) is 0 Å². The van der Waals surface area contributed by atoms with E-state index in [4.69, 9.17) is 15.3 Å². The van der Waals surface area contributed by atoms with Gasteiger partial charge in [-0.2, -0.15) is 5.06 Å². The molecule has 1 unspecified atom stereocenters. The van der Waals surface area contributed by atoms with Gasteiger partial charge in [0.1, 0.15) is 17.9 Å². The number of para-hydroxylation sites is 1. The number of methoxy groups -OCH3 is 1. The molecule has 2 heterocycles. The second-order valence-corrected chi connectivity index (χ2v) is 13.2. The minimum Gasteiger partial charge on any atom is -0.496 e. The topological polar surface area (TPSA) is 161 Å². The van der Waals surface area contributed by atoms with Crippen LogP contribution in [0.4, 0.5) is 5.69 Å². The molecule has 2 aliphatic rings. The number of nitrogens with zero attached hydrogens (tertiary/aromatic N) is 3. The molecule has 2 fully saturated rings. The highest BCUT2D eigenvalue weighted by atomic mass is 16.7. The summed E-state index contributed by atoms with van der Waals surface area (Å²) in [5.74, 6) is -1.05. The van der Waals surface area contributed by atoms with Crippen molar-refractivity contribution in [2.45, 2.75) is 50.0 Å². The monoisotopic (exact) mass is 675 g/mol. The van der Waals surface area contributed by atoms with Gasteiger partial charge in [-0.05, 0) is 62.7 Å². The van der Waals surface area contributed by atoms with Crippen LogP contribution in [-0.2, 0) is 22.6 Å². The second kappa shape index (κ2) is 16.6. The smallest absolute Gasteiger partial charge is 0.251 e. The van der Waals surface area contributed by atoms with Gasteiger partial charge < -0.3 is 40.9 Å². The molecule has 0 spiro atoms. The van der Waals surface area contributed by atoms with Gasteiger partial charge >= 0.3 is 0 Å². The number of carbonyl (C=O) groups excluding carboxylic acids is 2. The zero-order valence-electron chi connectivity index (χ0n) is 28.5. The van der Waals surface area contributed by atoms with Gasteiger partial charge in [0.25, 0.3) is 5.91 Å². The molecule has 0 aliphatic carbocycles. The van der Waals surface area contributed by atoms with Gasteiger partial charge in [0, 0.05) is 47.4 Å². The predicted molar refractivity (Wildman–Crippen MR) is 187 cm³/mol. The lowest BCUT2D eigenvalue weighted by Crippen LogP contribution is -2.44. The van der Waals surface area contributed by atoms with E-state index in [1.165, 1.54) is 5.06 Å². The number of primary amides is 1. The van der Waals surface area contributed by atoms with E-state index in [2.05, 4.69) is 27.2 Å². The third kappa shape index (κ3) is 8.41. The van der Waals surface area contributed by atoms with Gasteiger partial charge in [-0.15, -0.1) is 0 Å². The third-order valence-corrected chi connectivity index (χ3v) is 9.43. The minimum atomic E-state index is -0.953. The number of rotatable bonds is 15. The van der Waals surface area contributed by atoms with E-state index in [-0.39, 0.29) is 44.4 Å². The molecule has 3 aromatic carbocycles. The number of hydrogen-bond acceptors (Lipinski definition) is 10. The van der Waals surface area contributed by atoms with Gasteiger partial charge in [0.2, 0.25) is 5.91 Å². The fraction of sp³-hybridized carbons (Fsp3) is 0.459. The number of anilines is 1. The lowest BCUT2D eigenvalue weighted by atomic mass is 9.94. The maximum absolute atomic E-state index is 14.1. The van der Waals surface area contributed by atoms with E-state index < -0.39 is 24.0 Å². The summed E-state index contributed by atoms with van der Waals surface area (Å²) < 4.78 is 5.97. The fourth-order valence-electron chi connectivity index (χ4n) is 7.15. The van der Waals surface area contributed by atoms with Crippen LogP contribution >= 0.6 is 0 Å². The summed E-state index contributed by atoms with van der Waals surface area (Å²) in [4.78, 5) is 36.6. The van der Waals surface area contributed by atoms with E-state index in [9.17, 15) is 24.9 Å². The van der Waals surface area contributed by atoms with Gasteiger partial charge in [0.15, 0.2) is 0 Å². The summed E-state index contributed by atoms with van der Waals surface area (Å²) >= 11 is 0. The molecular formula is C37H49N5O7. The molecule has 0 bridgehead atoms. The summed E-state index contributed by atoms with van der Waals surface area (Å²) in [5, 5.41) is 34.6. The van der Waals surface area contributed by atoms with Crippen molar-refractivity contribution in [3.8, 4) is 16.9 Å². The maximum atomic E-state index is 14.1. The number of hydrogen-bond donors (Lipinski definition) is 5. The third-order valence-electron chi connectivity index (χ3n) is 9.43. The highest BCUT2D eigenvalue weighted by molar-refractivity contribution is 5.97. The Kier molecular flexibility index (Phi) is 12.3. The lowest BCUT2D eigenvalue weighted by molar-refractivity contribution is -0.180. The van der Waals surface area contributed by atoms with Gasteiger partial charge in [-0.1, -0.05) is 48.5 Å². The number of aliphatic hydroxyl groups is 3. The number of carbonyl (C=O) groups is 2. The first kappa shape index (κ1) is 36.2. The van der Waals surface area contributed by atoms with E-state index in [1.807, 2.05) is 68.7 Å². The van der Waals surface area contributed by atoms with E-state index >= 15 is 0 Å². The standard InChI is InChI=1S/C37H49N5O7/c1-40(2)20-28(15-24-9-5-4-6-10-24)39-37(47)27-16-26(17-30(18-27)41-14-8-12-29(41)21-43)31-13-7-11-25(35(31)48-3)19-42-34(36(38)46)32(22-44)33(23-45)49-42/h4-7,9-11,13,16-18,28-29,32-34,43-45H,8,12,14-15,19-23H2,1-3H3,(H2,38,46)(H,39,47)/t28?,29-,32-,33+,34+/m1/s1. The van der Waals surface area contributed by atoms with Crippen molar-refractivity contribution in [3.05, 3.63) is 83.4 Å². The van der Waals surface area contributed by atoms with E-state index in [0.29, 0.717) is 29.8 Å². The van der Waals surface area contributed by atoms with Crippen LogP contribution in [0, 0.1) is 5.92 Å². The fourth-order valence-corrected chi connectivity index (χ4v) is 7.15. The normalized spacial score (nSPS) is 21.7. The average Bonchev–Trinajstić information content (AvgIpc) is 3.72. The number of nitrogens with two attached hydrogens (primary N) is 1. The van der Waals surface area contributed by atoms with Crippen molar-refractivity contribution in [2.24, 2.45) is 11.7 Å².